The Balaban J connectivity index is 1.31. The van der Waals surface area contributed by atoms with Gasteiger partial charge in [0.05, 0.1) is 18.5 Å². The highest BCUT2D eigenvalue weighted by Crippen LogP contribution is 2.29. The molecular weight excluding hydrogens is 500 g/mol. The van der Waals surface area contributed by atoms with Crippen molar-refractivity contribution in [2.24, 2.45) is 4.99 Å². The number of hydrogen-bond donors (Lipinski definition) is 2. The summed E-state index contributed by atoms with van der Waals surface area (Å²) in [6.45, 7) is 5.26. The van der Waals surface area contributed by atoms with Gasteiger partial charge in [-0.1, -0.05) is 12.1 Å². The minimum atomic E-state index is -0.00384. The van der Waals surface area contributed by atoms with Gasteiger partial charge in [-0.15, -0.1) is 22.0 Å². The molecule has 0 atom stereocenters. The number of aryl methyl sites for hydroxylation is 1. The number of ether oxygens (including phenoxy) is 1. The van der Waals surface area contributed by atoms with Crippen molar-refractivity contribution >= 4 is 29.3 Å². The molecule has 0 aliphatic carbocycles. The molecule has 2 heterocycles. The van der Waals surface area contributed by atoms with Crippen LogP contribution in [0.4, 0.5) is 0 Å². The molecule has 10 heteroatoms. The molecule has 38 heavy (non-hydrogen) atoms. The smallest absolute Gasteiger partial charge is 0.220 e. The van der Waals surface area contributed by atoms with E-state index in [4.69, 9.17) is 9.73 Å². The third kappa shape index (κ3) is 7.00. The number of nitrogens with one attached hydrogen (secondary N) is 2. The Labute approximate surface area is 227 Å². The lowest BCUT2D eigenvalue weighted by Gasteiger charge is -2.14. The molecule has 1 aliphatic rings. The van der Waals surface area contributed by atoms with Crippen LogP contribution in [0, 0.1) is 6.92 Å². The van der Waals surface area contributed by atoms with Gasteiger partial charge in [-0.2, -0.15) is 0 Å². The molecule has 2 N–H and O–H groups in total. The summed E-state index contributed by atoms with van der Waals surface area (Å²) in [5.41, 5.74) is 3.85. The molecule has 0 saturated carbocycles. The molecule has 1 aromatic heterocycles. The Morgan fingerprint density at radius 3 is 2.53 bits per heavy atom. The summed E-state index contributed by atoms with van der Waals surface area (Å²) in [4.78, 5) is 29.0. The van der Waals surface area contributed by atoms with Crippen molar-refractivity contribution < 1.29 is 14.3 Å². The number of nitrogens with zero attached hydrogens (tertiary/aromatic N) is 4. The molecule has 200 valence electrons. The number of thioether (sulfide) groups is 1. The summed E-state index contributed by atoms with van der Waals surface area (Å²) in [7, 11) is 1.66. The van der Waals surface area contributed by atoms with Crippen LogP contribution in [-0.2, 0) is 16.1 Å². The summed E-state index contributed by atoms with van der Waals surface area (Å²) in [6, 6.07) is 14.3. The third-order valence-electron chi connectivity index (χ3n) is 6.25. The summed E-state index contributed by atoms with van der Waals surface area (Å²) in [5, 5.41) is 14.3. The molecule has 0 bridgehead atoms. The first-order chi connectivity index (χ1) is 18.5. The van der Waals surface area contributed by atoms with Crippen LogP contribution >= 0.6 is 11.8 Å². The van der Waals surface area contributed by atoms with E-state index in [1.165, 1.54) is 6.92 Å². The molecule has 9 nitrogen and oxygen atoms in total. The quantitative estimate of drug-likeness (QED) is 0.270. The number of fused-ring (bicyclic) bond motifs is 3. The largest absolute Gasteiger partial charge is 0.497 e. The van der Waals surface area contributed by atoms with E-state index < -0.39 is 0 Å². The number of benzene rings is 2. The fourth-order valence-electron chi connectivity index (χ4n) is 4.31. The molecular formula is C28H34N6O3S. The number of aliphatic imine (C=N–C) groups is 1. The average Bonchev–Trinajstić information content (AvgIpc) is 3.19. The minimum Gasteiger partial charge on any atom is -0.497 e. The van der Waals surface area contributed by atoms with E-state index >= 15 is 0 Å². The van der Waals surface area contributed by atoms with Crippen LogP contribution in [0.15, 0.2) is 52.4 Å². The second-order valence-corrected chi connectivity index (χ2v) is 10.2. The van der Waals surface area contributed by atoms with Crippen molar-refractivity contribution in [3.8, 4) is 11.4 Å². The highest BCUT2D eigenvalue weighted by Gasteiger charge is 2.22. The zero-order valence-electron chi connectivity index (χ0n) is 22.1. The number of rotatable bonds is 12. The van der Waals surface area contributed by atoms with E-state index in [0.717, 1.165) is 64.1 Å². The van der Waals surface area contributed by atoms with Crippen LogP contribution < -0.4 is 15.4 Å². The Morgan fingerprint density at radius 2 is 1.79 bits per heavy atom. The number of amides is 2. The van der Waals surface area contributed by atoms with Gasteiger partial charge in [-0.3, -0.25) is 19.1 Å². The van der Waals surface area contributed by atoms with Crippen LogP contribution in [0.2, 0.25) is 0 Å². The zero-order valence-corrected chi connectivity index (χ0v) is 22.9. The Kier molecular flexibility index (Phi) is 9.53. The Hall–Kier alpha value is -3.66. The van der Waals surface area contributed by atoms with Crippen molar-refractivity contribution in [2.75, 3.05) is 26.0 Å². The van der Waals surface area contributed by atoms with Crippen molar-refractivity contribution in [2.45, 2.75) is 51.0 Å². The van der Waals surface area contributed by atoms with Crippen LogP contribution in [0.25, 0.3) is 5.69 Å². The first-order valence-corrected chi connectivity index (χ1v) is 13.8. The van der Waals surface area contributed by atoms with E-state index in [2.05, 4.69) is 45.1 Å². The van der Waals surface area contributed by atoms with Gasteiger partial charge in [0.2, 0.25) is 11.8 Å². The van der Waals surface area contributed by atoms with Gasteiger partial charge in [0.15, 0.2) is 5.82 Å². The number of unbranched alkanes of at least 4 members (excludes halogenated alkanes) is 2. The van der Waals surface area contributed by atoms with Gasteiger partial charge in [-0.25, -0.2) is 0 Å². The summed E-state index contributed by atoms with van der Waals surface area (Å²) < 4.78 is 7.54. The number of hydrogen-bond acceptors (Lipinski definition) is 7. The first-order valence-electron chi connectivity index (χ1n) is 12.8. The molecule has 0 radical (unpaired) electrons. The number of aromatic nitrogens is 3. The number of methoxy groups -OCH3 is 1. The summed E-state index contributed by atoms with van der Waals surface area (Å²) >= 11 is 1.66. The maximum atomic E-state index is 12.2. The molecule has 0 saturated heterocycles. The lowest BCUT2D eigenvalue weighted by molar-refractivity contribution is -0.120. The Morgan fingerprint density at radius 1 is 1.03 bits per heavy atom. The van der Waals surface area contributed by atoms with Gasteiger partial charge in [0.25, 0.3) is 0 Å². The van der Waals surface area contributed by atoms with Gasteiger partial charge < -0.3 is 15.4 Å². The summed E-state index contributed by atoms with van der Waals surface area (Å²) in [6.07, 6.45) is 3.28. The van der Waals surface area contributed by atoms with Crippen molar-refractivity contribution in [1.82, 2.24) is 25.4 Å². The monoisotopic (exact) mass is 534 g/mol. The van der Waals surface area contributed by atoms with Gasteiger partial charge >= 0.3 is 0 Å². The molecule has 1 aliphatic heterocycles. The molecule has 0 fully saturated rings. The number of carbonyl (C=O) groups excluding carboxylic acids is 2. The minimum absolute atomic E-state index is 0.00384. The Bertz CT molecular complexity index is 1300. The predicted octanol–water partition coefficient (Wildman–Crippen LogP) is 3.84. The van der Waals surface area contributed by atoms with Crippen LogP contribution in [0.3, 0.4) is 0 Å². The van der Waals surface area contributed by atoms with E-state index in [1.54, 1.807) is 18.9 Å². The number of carbonyl (C=O) groups is 2. The van der Waals surface area contributed by atoms with Gasteiger partial charge in [0.1, 0.15) is 18.1 Å². The lowest BCUT2D eigenvalue weighted by atomic mass is 10.00. The normalized spacial score (nSPS) is 12.1. The highest BCUT2D eigenvalue weighted by atomic mass is 32.2. The maximum Gasteiger partial charge on any atom is 0.220 e. The molecule has 0 unspecified atom stereocenters. The van der Waals surface area contributed by atoms with Gasteiger partial charge in [0, 0.05) is 48.2 Å². The molecule has 0 spiro atoms. The lowest BCUT2D eigenvalue weighted by Crippen LogP contribution is -2.25. The van der Waals surface area contributed by atoms with E-state index in [0.29, 0.717) is 31.8 Å². The maximum absolute atomic E-state index is 12.2. The fraction of sp³-hybridized carbons (Fsp3) is 0.393. The van der Waals surface area contributed by atoms with Crippen molar-refractivity contribution in [1.29, 1.82) is 0 Å². The molecule has 3 aromatic rings. The van der Waals surface area contributed by atoms with E-state index in [-0.39, 0.29) is 11.8 Å². The van der Waals surface area contributed by atoms with Crippen molar-refractivity contribution in [3.05, 3.63) is 65.2 Å². The average molecular weight is 535 g/mol. The van der Waals surface area contributed by atoms with Crippen molar-refractivity contribution in [3.63, 3.8) is 0 Å². The van der Waals surface area contributed by atoms with E-state index in [9.17, 15) is 9.59 Å². The van der Waals surface area contributed by atoms with E-state index in [1.807, 2.05) is 29.7 Å². The second kappa shape index (κ2) is 13.2. The molecule has 4 rings (SSSR count). The molecule has 2 aromatic carbocycles. The van der Waals surface area contributed by atoms with Crippen LogP contribution in [0.5, 0.6) is 5.75 Å². The summed E-state index contributed by atoms with van der Waals surface area (Å²) in [5.74, 6) is 3.16. The third-order valence-corrected chi connectivity index (χ3v) is 7.26. The van der Waals surface area contributed by atoms with Gasteiger partial charge in [-0.05, 0) is 56.5 Å². The first kappa shape index (κ1) is 27.4. The second-order valence-electron chi connectivity index (χ2n) is 9.06. The predicted molar refractivity (Wildman–Crippen MR) is 149 cm³/mol. The topological polar surface area (TPSA) is 110 Å². The standard InChI is InChI=1S/C28H34N6O3S/c1-19-32-33-26-18-31-28(24-17-22(37-3)9-12-25(24)34(19)26)21-7-10-23(11-8-21)38-16-13-27(36)30-15-6-4-5-14-29-20(2)35/h7-12,17H,4-6,13-16,18H2,1-3H3,(H,29,35)(H,30,36). The SMILES string of the molecule is COc1ccc2c(c1)C(c1ccc(SCCC(=O)NCCCCCNC(C)=O)cc1)=NCc1nnc(C)n1-2. The van der Waals surface area contributed by atoms with Crippen LogP contribution in [-0.4, -0.2) is 58.2 Å². The zero-order chi connectivity index (χ0) is 26.9. The highest BCUT2D eigenvalue weighted by molar-refractivity contribution is 7.99. The fourth-order valence-corrected chi connectivity index (χ4v) is 5.16. The molecule has 2 amide bonds. The van der Waals surface area contributed by atoms with Crippen LogP contribution in [0.1, 0.15) is 55.4 Å².